The first-order chi connectivity index (χ1) is 16.6. The number of ether oxygens (including phenoxy) is 3. The highest BCUT2D eigenvalue weighted by atomic mass is 16.5. The summed E-state index contributed by atoms with van der Waals surface area (Å²) in [5.41, 5.74) is 3.49. The number of rotatable bonds is 10. The van der Waals surface area contributed by atoms with Crippen molar-refractivity contribution in [3.05, 3.63) is 125 Å². The highest BCUT2D eigenvalue weighted by molar-refractivity contribution is 5.91. The summed E-state index contributed by atoms with van der Waals surface area (Å²) in [6.45, 7) is 2.55. The lowest BCUT2D eigenvalue weighted by Crippen LogP contribution is -2.09. The molecule has 0 radical (unpaired) electrons. The molecular weight excluding hydrogens is 428 g/mol. The minimum atomic E-state index is -1.05. The van der Waals surface area contributed by atoms with E-state index in [1.165, 1.54) is 6.07 Å². The summed E-state index contributed by atoms with van der Waals surface area (Å²) in [5.74, 6) is 0.0213. The molecule has 34 heavy (non-hydrogen) atoms. The van der Waals surface area contributed by atoms with Crippen LogP contribution in [-0.4, -0.2) is 11.1 Å². The van der Waals surface area contributed by atoms with Gasteiger partial charge in [0.25, 0.3) is 0 Å². The Labute approximate surface area is 199 Å². The second kappa shape index (κ2) is 11.1. The molecule has 4 aromatic carbocycles. The van der Waals surface area contributed by atoms with E-state index >= 15 is 0 Å². The molecule has 5 heteroatoms. The fraction of sp³-hybridized carbons (Fsp3) is 0.138. The second-order valence-corrected chi connectivity index (χ2v) is 7.83. The quantitative estimate of drug-likeness (QED) is 0.299. The molecule has 0 bridgehead atoms. The van der Waals surface area contributed by atoms with Crippen molar-refractivity contribution in [3.63, 3.8) is 0 Å². The molecule has 0 amide bonds. The summed E-state index contributed by atoms with van der Waals surface area (Å²) in [4.78, 5) is 12.0. The topological polar surface area (TPSA) is 65.0 Å². The van der Waals surface area contributed by atoms with E-state index in [-0.39, 0.29) is 25.4 Å². The molecule has 0 unspecified atom stereocenters. The molecule has 1 N–H and O–H groups in total. The van der Waals surface area contributed by atoms with Crippen molar-refractivity contribution >= 4 is 5.97 Å². The van der Waals surface area contributed by atoms with E-state index in [0.717, 1.165) is 16.7 Å². The van der Waals surface area contributed by atoms with E-state index in [2.05, 4.69) is 0 Å². The number of benzene rings is 4. The lowest BCUT2D eigenvalue weighted by molar-refractivity contribution is 0.0694. The average Bonchev–Trinajstić information content (AvgIpc) is 2.87. The van der Waals surface area contributed by atoms with Crippen LogP contribution in [0.1, 0.15) is 32.6 Å². The Morgan fingerprint density at radius 2 is 1.06 bits per heavy atom. The molecular formula is C29H26O5. The van der Waals surface area contributed by atoms with Gasteiger partial charge >= 0.3 is 5.97 Å². The van der Waals surface area contributed by atoms with Crippen LogP contribution in [0.25, 0.3) is 0 Å². The molecule has 4 rings (SSSR count). The Hall–Kier alpha value is -4.25. The van der Waals surface area contributed by atoms with Gasteiger partial charge in [-0.1, -0.05) is 91.0 Å². The molecule has 0 aliphatic carbocycles. The van der Waals surface area contributed by atoms with Crippen LogP contribution in [0.3, 0.4) is 0 Å². The number of carboxylic acid groups (broad SMARTS) is 1. The van der Waals surface area contributed by atoms with Gasteiger partial charge in [0, 0.05) is 5.56 Å². The third-order valence-corrected chi connectivity index (χ3v) is 5.37. The van der Waals surface area contributed by atoms with Crippen LogP contribution in [0.4, 0.5) is 0 Å². The monoisotopic (exact) mass is 454 g/mol. The molecule has 0 saturated heterocycles. The largest absolute Gasteiger partial charge is 0.485 e. The maximum absolute atomic E-state index is 12.0. The zero-order valence-electron chi connectivity index (χ0n) is 18.9. The molecule has 0 aromatic heterocycles. The van der Waals surface area contributed by atoms with Gasteiger partial charge in [0.15, 0.2) is 11.5 Å². The SMILES string of the molecule is Cc1c(C(=O)O)cc(OCc2ccccc2)c(OCc2ccccc2)c1OCc1ccccc1. The van der Waals surface area contributed by atoms with Gasteiger partial charge in [0.05, 0.1) is 5.56 Å². The Morgan fingerprint density at radius 3 is 1.50 bits per heavy atom. The first-order valence-electron chi connectivity index (χ1n) is 11.0. The Kier molecular flexibility index (Phi) is 7.45. The van der Waals surface area contributed by atoms with Crippen molar-refractivity contribution < 1.29 is 24.1 Å². The van der Waals surface area contributed by atoms with Crippen molar-refractivity contribution in [2.45, 2.75) is 26.7 Å². The van der Waals surface area contributed by atoms with Crippen LogP contribution < -0.4 is 14.2 Å². The average molecular weight is 455 g/mol. The molecule has 0 saturated carbocycles. The van der Waals surface area contributed by atoms with Gasteiger partial charge in [-0.25, -0.2) is 4.79 Å². The van der Waals surface area contributed by atoms with Crippen LogP contribution in [0.15, 0.2) is 97.1 Å². The predicted octanol–water partition coefficient (Wildman–Crippen LogP) is 6.43. The summed E-state index contributed by atoms with van der Waals surface area (Å²) in [5, 5.41) is 9.83. The van der Waals surface area contributed by atoms with Crippen LogP contribution >= 0.6 is 0 Å². The molecule has 0 atom stereocenters. The van der Waals surface area contributed by atoms with E-state index in [4.69, 9.17) is 14.2 Å². The standard InChI is InChI=1S/C29H26O5/c1-21-25(29(30)31)17-26(32-18-22-11-5-2-6-12-22)28(34-20-24-15-9-4-10-16-24)27(21)33-19-23-13-7-3-8-14-23/h2-17H,18-20H2,1H3,(H,30,31). The van der Waals surface area contributed by atoms with E-state index < -0.39 is 5.97 Å². The lowest BCUT2D eigenvalue weighted by atomic mass is 10.1. The van der Waals surface area contributed by atoms with Crippen LogP contribution in [-0.2, 0) is 19.8 Å². The molecule has 0 fully saturated rings. The summed E-state index contributed by atoms with van der Waals surface area (Å²) >= 11 is 0. The predicted molar refractivity (Wildman–Crippen MR) is 130 cm³/mol. The molecule has 0 spiro atoms. The maximum atomic E-state index is 12.0. The number of carbonyl (C=O) groups is 1. The van der Waals surface area contributed by atoms with Gasteiger partial charge in [-0.3, -0.25) is 0 Å². The minimum Gasteiger partial charge on any atom is -0.485 e. The minimum absolute atomic E-state index is 0.109. The van der Waals surface area contributed by atoms with Gasteiger partial charge < -0.3 is 19.3 Å². The number of aromatic carboxylic acids is 1. The van der Waals surface area contributed by atoms with Crippen molar-refractivity contribution in [1.29, 1.82) is 0 Å². The van der Waals surface area contributed by atoms with E-state index in [9.17, 15) is 9.90 Å². The second-order valence-electron chi connectivity index (χ2n) is 7.83. The molecule has 5 nitrogen and oxygen atoms in total. The zero-order chi connectivity index (χ0) is 23.8. The first-order valence-corrected chi connectivity index (χ1v) is 11.0. The Balaban J connectivity index is 1.71. The van der Waals surface area contributed by atoms with E-state index in [0.29, 0.717) is 22.8 Å². The smallest absolute Gasteiger partial charge is 0.336 e. The van der Waals surface area contributed by atoms with Crippen LogP contribution in [0.5, 0.6) is 17.2 Å². The van der Waals surface area contributed by atoms with Crippen molar-refractivity contribution in [2.24, 2.45) is 0 Å². The highest BCUT2D eigenvalue weighted by Crippen LogP contribution is 2.43. The zero-order valence-corrected chi connectivity index (χ0v) is 18.9. The van der Waals surface area contributed by atoms with Gasteiger partial charge in [0.1, 0.15) is 19.8 Å². The molecule has 0 aliphatic heterocycles. The van der Waals surface area contributed by atoms with Gasteiger partial charge in [-0.05, 0) is 29.7 Å². The van der Waals surface area contributed by atoms with Crippen LogP contribution in [0.2, 0.25) is 0 Å². The number of hydrogen-bond acceptors (Lipinski definition) is 4. The van der Waals surface area contributed by atoms with E-state index in [1.54, 1.807) is 6.92 Å². The lowest BCUT2D eigenvalue weighted by Gasteiger charge is -2.20. The fourth-order valence-electron chi connectivity index (χ4n) is 3.54. The van der Waals surface area contributed by atoms with Gasteiger partial charge in [-0.2, -0.15) is 0 Å². The summed E-state index contributed by atoms with van der Waals surface area (Å²) in [6.07, 6.45) is 0. The summed E-state index contributed by atoms with van der Waals surface area (Å²) in [6, 6.07) is 30.7. The third kappa shape index (κ3) is 5.75. The number of hydrogen-bond donors (Lipinski definition) is 1. The summed E-state index contributed by atoms with van der Waals surface area (Å²) < 4.78 is 18.4. The van der Waals surface area contributed by atoms with Gasteiger partial charge in [0.2, 0.25) is 5.75 Å². The Bertz CT molecular complexity index is 1220. The Morgan fingerprint density at radius 1 is 0.647 bits per heavy atom. The van der Waals surface area contributed by atoms with Crippen molar-refractivity contribution in [3.8, 4) is 17.2 Å². The van der Waals surface area contributed by atoms with Crippen LogP contribution in [0, 0.1) is 6.92 Å². The molecule has 172 valence electrons. The highest BCUT2D eigenvalue weighted by Gasteiger charge is 2.23. The van der Waals surface area contributed by atoms with Gasteiger partial charge in [-0.15, -0.1) is 0 Å². The van der Waals surface area contributed by atoms with E-state index in [1.807, 2.05) is 91.0 Å². The van der Waals surface area contributed by atoms with Crippen molar-refractivity contribution in [1.82, 2.24) is 0 Å². The third-order valence-electron chi connectivity index (χ3n) is 5.37. The first kappa shape index (κ1) is 22.9. The normalized spacial score (nSPS) is 10.5. The molecule has 4 aromatic rings. The fourth-order valence-corrected chi connectivity index (χ4v) is 3.54. The summed E-state index contributed by atoms with van der Waals surface area (Å²) in [7, 11) is 0. The molecule has 0 aliphatic rings. The maximum Gasteiger partial charge on any atom is 0.336 e. The van der Waals surface area contributed by atoms with Crippen molar-refractivity contribution in [2.75, 3.05) is 0 Å². The molecule has 0 heterocycles. The number of carboxylic acids is 1.